The molecule has 1 rings (SSSR count). The summed E-state index contributed by atoms with van der Waals surface area (Å²) in [5.41, 5.74) is 0.969. The van der Waals surface area contributed by atoms with E-state index in [1.807, 2.05) is 6.07 Å². The number of aliphatic hydroxyl groups excluding tert-OH is 1. The normalized spacial score (nSPS) is 11.5. The standard InChI is InChI=1S/C14H22N2O3/c1-14(2,8-10-17)11-15-9-7-12-5-3-4-6-13(12)16(18)19/h3-6,15,17H,7-11H2,1-2H3. The summed E-state index contributed by atoms with van der Waals surface area (Å²) in [7, 11) is 0. The molecule has 5 heteroatoms. The summed E-state index contributed by atoms with van der Waals surface area (Å²) >= 11 is 0. The SMILES string of the molecule is CC(C)(CCO)CNCCc1ccccc1[N+](=O)[O-]. The van der Waals surface area contributed by atoms with Gasteiger partial charge in [0.05, 0.1) is 4.92 Å². The molecular formula is C14H22N2O3. The summed E-state index contributed by atoms with van der Waals surface area (Å²) in [4.78, 5) is 10.5. The van der Waals surface area contributed by atoms with Gasteiger partial charge in [-0.15, -0.1) is 0 Å². The minimum atomic E-state index is -0.342. The monoisotopic (exact) mass is 266 g/mol. The zero-order chi connectivity index (χ0) is 14.3. The molecule has 0 radical (unpaired) electrons. The van der Waals surface area contributed by atoms with Gasteiger partial charge in [0.25, 0.3) is 5.69 Å². The van der Waals surface area contributed by atoms with E-state index in [4.69, 9.17) is 5.11 Å². The Hall–Kier alpha value is -1.46. The van der Waals surface area contributed by atoms with Gasteiger partial charge in [0, 0.05) is 24.8 Å². The van der Waals surface area contributed by atoms with Crippen LogP contribution in [0.3, 0.4) is 0 Å². The molecule has 0 saturated heterocycles. The molecule has 0 atom stereocenters. The maximum Gasteiger partial charge on any atom is 0.272 e. The van der Waals surface area contributed by atoms with Gasteiger partial charge in [-0.2, -0.15) is 0 Å². The van der Waals surface area contributed by atoms with Crippen molar-refractivity contribution in [2.24, 2.45) is 5.41 Å². The van der Waals surface area contributed by atoms with Crippen molar-refractivity contribution in [1.82, 2.24) is 5.32 Å². The van der Waals surface area contributed by atoms with E-state index in [1.165, 1.54) is 6.07 Å². The third-order valence-corrected chi connectivity index (χ3v) is 3.15. The number of nitrogens with zero attached hydrogens (tertiary/aromatic N) is 1. The number of hydrogen-bond donors (Lipinski definition) is 2. The van der Waals surface area contributed by atoms with Crippen molar-refractivity contribution < 1.29 is 10.0 Å². The first-order valence-electron chi connectivity index (χ1n) is 6.50. The molecule has 0 aliphatic heterocycles. The van der Waals surface area contributed by atoms with Crippen LogP contribution in [0, 0.1) is 15.5 Å². The number of nitrogens with one attached hydrogen (secondary N) is 1. The number of nitro groups is 1. The van der Waals surface area contributed by atoms with Crippen molar-refractivity contribution in [2.45, 2.75) is 26.7 Å². The molecule has 19 heavy (non-hydrogen) atoms. The summed E-state index contributed by atoms with van der Waals surface area (Å²) in [6.45, 7) is 5.83. The second-order valence-electron chi connectivity index (χ2n) is 5.45. The van der Waals surface area contributed by atoms with Crippen LogP contribution in [0.4, 0.5) is 5.69 Å². The van der Waals surface area contributed by atoms with E-state index in [0.29, 0.717) is 13.0 Å². The number of aliphatic hydroxyl groups is 1. The van der Waals surface area contributed by atoms with E-state index in [2.05, 4.69) is 19.2 Å². The van der Waals surface area contributed by atoms with Gasteiger partial charge in [0.2, 0.25) is 0 Å². The number of para-hydroxylation sites is 1. The second kappa shape index (κ2) is 7.21. The first kappa shape index (κ1) is 15.6. The maximum absolute atomic E-state index is 10.9. The van der Waals surface area contributed by atoms with Gasteiger partial charge in [0.1, 0.15) is 0 Å². The van der Waals surface area contributed by atoms with Crippen LogP contribution in [0.2, 0.25) is 0 Å². The molecule has 2 N–H and O–H groups in total. The lowest BCUT2D eigenvalue weighted by atomic mass is 9.90. The Labute approximate surface area is 113 Å². The molecule has 0 bridgehead atoms. The van der Waals surface area contributed by atoms with Crippen LogP contribution in [-0.4, -0.2) is 29.7 Å². The van der Waals surface area contributed by atoms with Crippen molar-refractivity contribution in [2.75, 3.05) is 19.7 Å². The molecule has 0 aliphatic rings. The van der Waals surface area contributed by atoms with Gasteiger partial charge in [-0.3, -0.25) is 10.1 Å². The Morgan fingerprint density at radius 1 is 1.37 bits per heavy atom. The van der Waals surface area contributed by atoms with Crippen LogP contribution >= 0.6 is 0 Å². The van der Waals surface area contributed by atoms with Crippen LogP contribution in [0.5, 0.6) is 0 Å². The van der Waals surface area contributed by atoms with Crippen molar-refractivity contribution in [1.29, 1.82) is 0 Å². The van der Waals surface area contributed by atoms with Gasteiger partial charge in [-0.1, -0.05) is 32.0 Å². The van der Waals surface area contributed by atoms with Crippen molar-refractivity contribution in [3.63, 3.8) is 0 Å². The average molecular weight is 266 g/mol. The number of benzene rings is 1. The Balaban J connectivity index is 2.44. The minimum Gasteiger partial charge on any atom is -0.396 e. The van der Waals surface area contributed by atoms with Gasteiger partial charge < -0.3 is 10.4 Å². The summed E-state index contributed by atoms with van der Waals surface area (Å²) < 4.78 is 0. The Morgan fingerprint density at radius 2 is 2.05 bits per heavy atom. The quantitative estimate of drug-likeness (QED) is 0.429. The van der Waals surface area contributed by atoms with Crippen LogP contribution in [-0.2, 0) is 6.42 Å². The molecule has 0 fully saturated rings. The first-order chi connectivity index (χ1) is 8.96. The van der Waals surface area contributed by atoms with E-state index >= 15 is 0 Å². The van der Waals surface area contributed by atoms with E-state index < -0.39 is 0 Å². The average Bonchev–Trinajstić information content (AvgIpc) is 2.35. The molecule has 0 unspecified atom stereocenters. The lowest BCUT2D eigenvalue weighted by Gasteiger charge is -2.23. The predicted octanol–water partition coefficient (Wildman–Crippen LogP) is 2.14. The van der Waals surface area contributed by atoms with E-state index in [-0.39, 0.29) is 22.6 Å². The highest BCUT2D eigenvalue weighted by molar-refractivity contribution is 5.39. The van der Waals surface area contributed by atoms with E-state index in [1.54, 1.807) is 12.1 Å². The number of hydrogen-bond acceptors (Lipinski definition) is 4. The van der Waals surface area contributed by atoms with Gasteiger partial charge >= 0.3 is 0 Å². The Morgan fingerprint density at radius 3 is 2.68 bits per heavy atom. The highest BCUT2D eigenvalue weighted by Crippen LogP contribution is 2.19. The molecule has 0 aliphatic carbocycles. The van der Waals surface area contributed by atoms with E-state index in [0.717, 1.165) is 18.5 Å². The summed E-state index contributed by atoms with van der Waals surface area (Å²) in [6, 6.07) is 6.82. The molecule has 0 spiro atoms. The molecule has 1 aromatic carbocycles. The van der Waals surface area contributed by atoms with Crippen molar-refractivity contribution >= 4 is 5.69 Å². The second-order valence-corrected chi connectivity index (χ2v) is 5.45. The predicted molar refractivity (Wildman–Crippen MR) is 75.2 cm³/mol. The smallest absolute Gasteiger partial charge is 0.272 e. The fraction of sp³-hybridized carbons (Fsp3) is 0.571. The largest absolute Gasteiger partial charge is 0.396 e. The Kier molecular flexibility index (Phi) is 5.92. The summed E-state index contributed by atoms with van der Waals surface area (Å²) in [6.07, 6.45) is 1.37. The van der Waals surface area contributed by atoms with Crippen LogP contribution in [0.1, 0.15) is 25.8 Å². The molecule has 0 heterocycles. The first-order valence-corrected chi connectivity index (χ1v) is 6.50. The number of rotatable bonds is 8. The van der Waals surface area contributed by atoms with Crippen LogP contribution in [0.15, 0.2) is 24.3 Å². The fourth-order valence-electron chi connectivity index (χ4n) is 1.94. The lowest BCUT2D eigenvalue weighted by Crippen LogP contribution is -2.31. The Bertz CT molecular complexity index is 419. The zero-order valence-electron chi connectivity index (χ0n) is 11.6. The molecule has 0 aromatic heterocycles. The number of nitro benzene ring substituents is 1. The van der Waals surface area contributed by atoms with Gasteiger partial charge in [-0.25, -0.2) is 0 Å². The molecule has 0 amide bonds. The third-order valence-electron chi connectivity index (χ3n) is 3.15. The summed E-state index contributed by atoms with van der Waals surface area (Å²) in [5.74, 6) is 0. The fourth-order valence-corrected chi connectivity index (χ4v) is 1.94. The van der Waals surface area contributed by atoms with Gasteiger partial charge in [0.15, 0.2) is 0 Å². The minimum absolute atomic E-state index is 0.0391. The van der Waals surface area contributed by atoms with Crippen LogP contribution in [0.25, 0.3) is 0 Å². The summed E-state index contributed by atoms with van der Waals surface area (Å²) in [5, 5.41) is 23.1. The lowest BCUT2D eigenvalue weighted by molar-refractivity contribution is -0.385. The van der Waals surface area contributed by atoms with E-state index in [9.17, 15) is 10.1 Å². The molecule has 0 saturated carbocycles. The highest BCUT2D eigenvalue weighted by atomic mass is 16.6. The topological polar surface area (TPSA) is 75.4 Å². The van der Waals surface area contributed by atoms with Crippen LogP contribution < -0.4 is 5.32 Å². The highest BCUT2D eigenvalue weighted by Gasteiger charge is 2.17. The van der Waals surface area contributed by atoms with Crippen molar-refractivity contribution in [3.05, 3.63) is 39.9 Å². The maximum atomic E-state index is 10.9. The third kappa shape index (κ3) is 5.36. The molecule has 1 aromatic rings. The molecule has 106 valence electrons. The van der Waals surface area contributed by atoms with Crippen molar-refractivity contribution in [3.8, 4) is 0 Å². The molecular weight excluding hydrogens is 244 g/mol. The van der Waals surface area contributed by atoms with Gasteiger partial charge in [-0.05, 0) is 24.8 Å². The zero-order valence-corrected chi connectivity index (χ0v) is 11.6. The molecule has 5 nitrogen and oxygen atoms in total.